The van der Waals surface area contributed by atoms with Gasteiger partial charge in [0.2, 0.25) is 0 Å². The van der Waals surface area contributed by atoms with Crippen LogP contribution < -0.4 is 0 Å². The second-order valence-electron chi connectivity index (χ2n) is 3.16. The highest BCUT2D eigenvalue weighted by Gasteiger charge is 2.12. The van der Waals surface area contributed by atoms with Crippen LogP contribution in [0.4, 0.5) is 0 Å². The summed E-state index contributed by atoms with van der Waals surface area (Å²) in [5, 5.41) is 4.00. The molecule has 0 aromatic carbocycles. The molecular formula is C9H10N4O. The minimum Gasteiger partial charge on any atom is -0.343 e. The van der Waals surface area contributed by atoms with E-state index in [2.05, 4.69) is 10.1 Å². The number of carbonyl (C=O) groups excluding carboxylic acids is 1. The zero-order valence-electron chi connectivity index (χ0n) is 8.01. The highest BCUT2D eigenvalue weighted by atomic mass is 16.2. The van der Waals surface area contributed by atoms with Crippen molar-refractivity contribution in [3.05, 3.63) is 30.4 Å². The first kappa shape index (κ1) is 8.68. The summed E-state index contributed by atoms with van der Waals surface area (Å²) in [5.74, 6) is -0.0660. The second-order valence-corrected chi connectivity index (χ2v) is 3.16. The Labute approximate surface area is 81.0 Å². The van der Waals surface area contributed by atoms with Gasteiger partial charge in [-0.2, -0.15) is 5.10 Å². The Morgan fingerprint density at radius 3 is 2.93 bits per heavy atom. The molecule has 72 valence electrons. The molecule has 0 atom stereocenters. The maximum atomic E-state index is 11.7. The lowest BCUT2D eigenvalue weighted by Crippen LogP contribution is -2.23. The van der Waals surface area contributed by atoms with Crippen molar-refractivity contribution in [2.24, 2.45) is 0 Å². The number of aromatic nitrogens is 3. The predicted octanol–water partition coefficient (Wildman–Crippen LogP) is 0.431. The fraction of sp³-hybridized carbons (Fsp3) is 0.222. The molecule has 0 aliphatic heterocycles. The largest absolute Gasteiger partial charge is 0.343 e. The molecule has 0 aliphatic carbocycles. The topological polar surface area (TPSA) is 50.5 Å². The van der Waals surface area contributed by atoms with Gasteiger partial charge in [-0.1, -0.05) is 0 Å². The number of hydrogen-bond acceptors (Lipinski definition) is 3. The summed E-state index contributed by atoms with van der Waals surface area (Å²) in [6, 6.07) is 3.56. The van der Waals surface area contributed by atoms with E-state index in [9.17, 15) is 4.79 Å². The van der Waals surface area contributed by atoms with Gasteiger partial charge in [0.1, 0.15) is 12.0 Å². The minimum atomic E-state index is -0.0660. The van der Waals surface area contributed by atoms with E-state index in [1.54, 1.807) is 30.9 Å². The number of hydrogen-bond donors (Lipinski definition) is 0. The minimum absolute atomic E-state index is 0.0660. The van der Waals surface area contributed by atoms with Crippen LogP contribution in [0.1, 0.15) is 10.5 Å². The van der Waals surface area contributed by atoms with Crippen LogP contribution in [0.3, 0.4) is 0 Å². The van der Waals surface area contributed by atoms with Crippen LogP contribution in [0.15, 0.2) is 24.7 Å². The third kappa shape index (κ3) is 1.22. The smallest absolute Gasteiger partial charge is 0.272 e. The third-order valence-electron chi connectivity index (χ3n) is 1.95. The van der Waals surface area contributed by atoms with E-state index in [4.69, 9.17) is 0 Å². The molecule has 0 saturated carbocycles. The van der Waals surface area contributed by atoms with Crippen molar-refractivity contribution < 1.29 is 4.79 Å². The van der Waals surface area contributed by atoms with Crippen LogP contribution in [-0.2, 0) is 0 Å². The molecule has 5 heteroatoms. The first-order valence-corrected chi connectivity index (χ1v) is 4.19. The summed E-state index contributed by atoms with van der Waals surface area (Å²) in [6.07, 6.45) is 3.08. The molecular weight excluding hydrogens is 180 g/mol. The van der Waals surface area contributed by atoms with E-state index in [1.165, 1.54) is 11.2 Å². The molecule has 0 saturated heterocycles. The highest BCUT2D eigenvalue weighted by Crippen LogP contribution is 2.07. The van der Waals surface area contributed by atoms with Crippen LogP contribution in [0, 0.1) is 0 Å². The van der Waals surface area contributed by atoms with Gasteiger partial charge in [-0.15, -0.1) is 0 Å². The Hall–Kier alpha value is -1.91. The van der Waals surface area contributed by atoms with Gasteiger partial charge in [-0.25, -0.2) is 9.50 Å². The summed E-state index contributed by atoms with van der Waals surface area (Å²) in [4.78, 5) is 17.1. The van der Waals surface area contributed by atoms with Gasteiger partial charge in [-0.05, 0) is 12.1 Å². The summed E-state index contributed by atoms with van der Waals surface area (Å²) < 4.78 is 1.58. The van der Waals surface area contributed by atoms with E-state index >= 15 is 0 Å². The second kappa shape index (κ2) is 3.10. The van der Waals surface area contributed by atoms with E-state index < -0.39 is 0 Å². The Morgan fingerprint density at radius 2 is 2.21 bits per heavy atom. The number of fused-ring (bicyclic) bond motifs is 1. The zero-order chi connectivity index (χ0) is 10.1. The van der Waals surface area contributed by atoms with Gasteiger partial charge in [0.05, 0.1) is 11.7 Å². The first-order valence-electron chi connectivity index (χ1n) is 4.19. The fourth-order valence-electron chi connectivity index (χ4n) is 1.25. The Balaban J connectivity index is 2.58. The van der Waals surface area contributed by atoms with Crippen molar-refractivity contribution in [1.82, 2.24) is 19.5 Å². The molecule has 2 heterocycles. The fourth-order valence-corrected chi connectivity index (χ4v) is 1.25. The average molecular weight is 190 g/mol. The molecule has 14 heavy (non-hydrogen) atoms. The normalized spacial score (nSPS) is 10.4. The molecule has 0 unspecified atom stereocenters. The number of carbonyl (C=O) groups is 1. The molecule has 2 rings (SSSR count). The molecule has 0 aliphatic rings. The maximum absolute atomic E-state index is 11.7. The SMILES string of the molecule is CN(C)C(=O)c1ccc2cncnn12. The Morgan fingerprint density at radius 1 is 1.43 bits per heavy atom. The standard InChI is InChI=1S/C9H10N4O/c1-12(2)9(14)8-4-3-7-5-10-6-11-13(7)8/h3-6H,1-2H3. The molecule has 0 spiro atoms. The van der Waals surface area contributed by atoms with Gasteiger partial charge >= 0.3 is 0 Å². The summed E-state index contributed by atoms with van der Waals surface area (Å²) in [6.45, 7) is 0. The Kier molecular flexibility index (Phi) is 1.92. The lowest BCUT2D eigenvalue weighted by Gasteiger charge is -2.08. The molecule has 2 aromatic heterocycles. The van der Waals surface area contributed by atoms with Gasteiger partial charge in [0, 0.05) is 14.1 Å². The van der Waals surface area contributed by atoms with Crippen molar-refractivity contribution in [3.63, 3.8) is 0 Å². The van der Waals surface area contributed by atoms with E-state index in [0.717, 1.165) is 5.52 Å². The van der Waals surface area contributed by atoms with Crippen molar-refractivity contribution in [2.45, 2.75) is 0 Å². The van der Waals surface area contributed by atoms with Gasteiger partial charge in [0.25, 0.3) is 5.91 Å². The van der Waals surface area contributed by atoms with Gasteiger partial charge < -0.3 is 4.90 Å². The van der Waals surface area contributed by atoms with Gasteiger partial charge in [-0.3, -0.25) is 4.79 Å². The van der Waals surface area contributed by atoms with Crippen molar-refractivity contribution >= 4 is 11.4 Å². The first-order chi connectivity index (χ1) is 6.70. The van der Waals surface area contributed by atoms with E-state index in [-0.39, 0.29) is 5.91 Å². The zero-order valence-corrected chi connectivity index (χ0v) is 8.01. The van der Waals surface area contributed by atoms with Crippen LogP contribution in [0.5, 0.6) is 0 Å². The summed E-state index contributed by atoms with van der Waals surface area (Å²) >= 11 is 0. The lowest BCUT2D eigenvalue weighted by molar-refractivity contribution is 0.0819. The van der Waals surface area contributed by atoms with Crippen LogP contribution in [0.2, 0.25) is 0 Å². The molecule has 2 aromatic rings. The van der Waals surface area contributed by atoms with Crippen LogP contribution in [0.25, 0.3) is 5.52 Å². The molecule has 0 N–H and O–H groups in total. The van der Waals surface area contributed by atoms with Crippen LogP contribution >= 0.6 is 0 Å². The highest BCUT2D eigenvalue weighted by molar-refractivity contribution is 5.93. The third-order valence-corrected chi connectivity index (χ3v) is 1.95. The van der Waals surface area contributed by atoms with Crippen LogP contribution in [-0.4, -0.2) is 39.5 Å². The molecule has 1 amide bonds. The average Bonchev–Trinajstić information content (AvgIpc) is 2.60. The quantitative estimate of drug-likeness (QED) is 0.655. The van der Waals surface area contributed by atoms with E-state index in [0.29, 0.717) is 5.69 Å². The number of rotatable bonds is 1. The summed E-state index contributed by atoms with van der Waals surface area (Å²) in [5.41, 5.74) is 1.37. The maximum Gasteiger partial charge on any atom is 0.272 e. The molecule has 0 bridgehead atoms. The molecule has 0 radical (unpaired) electrons. The van der Waals surface area contributed by atoms with Crippen molar-refractivity contribution in [3.8, 4) is 0 Å². The lowest BCUT2D eigenvalue weighted by atomic mass is 10.4. The number of amides is 1. The molecule has 5 nitrogen and oxygen atoms in total. The van der Waals surface area contributed by atoms with E-state index in [1.807, 2.05) is 6.07 Å². The molecule has 0 fully saturated rings. The number of nitrogens with zero attached hydrogens (tertiary/aromatic N) is 4. The van der Waals surface area contributed by atoms with Crippen molar-refractivity contribution in [2.75, 3.05) is 14.1 Å². The van der Waals surface area contributed by atoms with Gasteiger partial charge in [0.15, 0.2) is 0 Å². The summed E-state index contributed by atoms with van der Waals surface area (Å²) in [7, 11) is 3.42. The predicted molar refractivity (Wildman–Crippen MR) is 51.0 cm³/mol. The Bertz CT molecular complexity index is 474. The monoisotopic (exact) mass is 190 g/mol. The van der Waals surface area contributed by atoms with Crippen molar-refractivity contribution in [1.29, 1.82) is 0 Å².